The number of pyridine rings is 1. The highest BCUT2D eigenvalue weighted by atomic mass is 16.5. The van der Waals surface area contributed by atoms with Gasteiger partial charge in [-0.3, -0.25) is 4.40 Å². The van der Waals surface area contributed by atoms with Crippen molar-refractivity contribution in [3.63, 3.8) is 0 Å². The lowest BCUT2D eigenvalue weighted by molar-refractivity contribution is 0.0525. The van der Waals surface area contributed by atoms with Crippen molar-refractivity contribution >= 4 is 22.5 Å². The molecule has 0 amide bonds. The van der Waals surface area contributed by atoms with E-state index >= 15 is 0 Å². The second kappa shape index (κ2) is 6.38. The van der Waals surface area contributed by atoms with Gasteiger partial charge in [0.15, 0.2) is 5.65 Å². The number of nitriles is 1. The lowest BCUT2D eigenvalue weighted by Gasteiger charge is -2.34. The zero-order valence-corrected chi connectivity index (χ0v) is 14.7. The van der Waals surface area contributed by atoms with Crippen LogP contribution in [0.25, 0.3) is 16.7 Å². The highest BCUT2D eigenvalue weighted by Crippen LogP contribution is 2.30. The quantitative estimate of drug-likeness (QED) is 0.733. The first-order valence-electron chi connectivity index (χ1n) is 8.90. The number of hydrogen-bond donors (Lipinski definition) is 0. The van der Waals surface area contributed by atoms with Crippen molar-refractivity contribution in [2.75, 3.05) is 24.6 Å². The van der Waals surface area contributed by atoms with Gasteiger partial charge >= 0.3 is 0 Å². The van der Waals surface area contributed by atoms with Gasteiger partial charge in [-0.15, -0.1) is 0 Å². The molecule has 1 aliphatic heterocycles. The summed E-state index contributed by atoms with van der Waals surface area (Å²) in [4.78, 5) is 7.11. The van der Waals surface area contributed by atoms with Gasteiger partial charge in [0.05, 0.1) is 22.7 Å². The third-order valence-corrected chi connectivity index (χ3v) is 4.97. The molecule has 4 rings (SSSR count). The molecule has 128 valence electrons. The van der Waals surface area contributed by atoms with Gasteiger partial charge in [-0.05, 0) is 50.5 Å². The van der Waals surface area contributed by atoms with Crippen LogP contribution in [0.4, 0.5) is 5.82 Å². The molecule has 0 aliphatic carbocycles. The average molecular weight is 334 g/mol. The van der Waals surface area contributed by atoms with Crippen molar-refractivity contribution in [1.29, 1.82) is 5.26 Å². The van der Waals surface area contributed by atoms with Crippen LogP contribution in [0.5, 0.6) is 0 Å². The fourth-order valence-electron chi connectivity index (χ4n) is 3.82. The molecule has 5 heteroatoms. The highest BCUT2D eigenvalue weighted by molar-refractivity contribution is 5.85. The van der Waals surface area contributed by atoms with E-state index in [1.165, 1.54) is 0 Å². The number of rotatable bonds is 3. The summed E-state index contributed by atoms with van der Waals surface area (Å²) >= 11 is 0. The molecule has 25 heavy (non-hydrogen) atoms. The van der Waals surface area contributed by atoms with E-state index in [1.54, 1.807) is 0 Å². The third kappa shape index (κ3) is 2.63. The number of aryl methyl sites for hydroxylation is 1. The number of ether oxygens (including phenoxy) is 1. The van der Waals surface area contributed by atoms with Crippen LogP contribution >= 0.6 is 0 Å². The Bertz CT molecular complexity index is 967. The maximum Gasteiger partial charge on any atom is 0.157 e. The van der Waals surface area contributed by atoms with Crippen LogP contribution < -0.4 is 4.90 Å². The summed E-state index contributed by atoms with van der Waals surface area (Å²) in [5.41, 5.74) is 4.33. The van der Waals surface area contributed by atoms with E-state index in [9.17, 15) is 5.26 Å². The lowest BCUT2D eigenvalue weighted by Crippen LogP contribution is -2.40. The van der Waals surface area contributed by atoms with Gasteiger partial charge in [0.2, 0.25) is 0 Å². The second-order valence-corrected chi connectivity index (χ2v) is 6.60. The first-order valence-corrected chi connectivity index (χ1v) is 8.90. The monoisotopic (exact) mass is 334 g/mol. The summed E-state index contributed by atoms with van der Waals surface area (Å²) in [6.07, 6.45) is 2.48. The standard InChI is InChI=1S/C20H22N4O/c1-3-25-15-7-6-10-23(13-15)19-11-14(2)16(12-21)20-22-17-8-4-5-9-18(17)24(19)20/h4-5,8-9,11,15H,3,6-7,10,13H2,1-2H3. The van der Waals surface area contributed by atoms with Crippen LogP contribution in [-0.2, 0) is 4.74 Å². The number of piperidine rings is 1. The maximum atomic E-state index is 9.62. The van der Waals surface area contributed by atoms with Crippen molar-refractivity contribution in [2.24, 2.45) is 0 Å². The molecule has 5 nitrogen and oxygen atoms in total. The van der Waals surface area contributed by atoms with Gasteiger partial charge in [-0.25, -0.2) is 4.98 Å². The number of imidazole rings is 1. The average Bonchev–Trinajstić information content (AvgIpc) is 3.01. The SMILES string of the molecule is CCOC1CCCN(c2cc(C)c(C#N)c3nc4ccccc4n23)C1. The van der Waals surface area contributed by atoms with Gasteiger partial charge < -0.3 is 9.64 Å². The first kappa shape index (κ1) is 15.9. The van der Waals surface area contributed by atoms with Gasteiger partial charge in [-0.1, -0.05) is 12.1 Å². The van der Waals surface area contributed by atoms with Crippen LogP contribution in [-0.4, -0.2) is 35.2 Å². The fraction of sp³-hybridized carbons (Fsp3) is 0.400. The summed E-state index contributed by atoms with van der Waals surface area (Å²) in [7, 11) is 0. The smallest absolute Gasteiger partial charge is 0.157 e. The number of fused-ring (bicyclic) bond motifs is 3. The van der Waals surface area contributed by atoms with Crippen LogP contribution in [0.15, 0.2) is 30.3 Å². The Kier molecular flexibility index (Phi) is 4.06. The Hall–Kier alpha value is -2.58. The van der Waals surface area contributed by atoms with Gasteiger partial charge in [0.25, 0.3) is 0 Å². The molecule has 1 saturated heterocycles. The topological polar surface area (TPSA) is 53.6 Å². The molecule has 3 heterocycles. The molecule has 0 N–H and O–H groups in total. The zero-order chi connectivity index (χ0) is 17.4. The summed E-state index contributed by atoms with van der Waals surface area (Å²) in [5.74, 6) is 1.10. The van der Waals surface area contributed by atoms with Gasteiger partial charge in [-0.2, -0.15) is 5.26 Å². The maximum absolute atomic E-state index is 9.62. The van der Waals surface area contributed by atoms with Crippen molar-refractivity contribution in [3.05, 3.63) is 41.5 Å². The van der Waals surface area contributed by atoms with E-state index in [1.807, 2.05) is 32.0 Å². The van der Waals surface area contributed by atoms with Crippen molar-refractivity contribution in [1.82, 2.24) is 9.38 Å². The largest absolute Gasteiger partial charge is 0.377 e. The molecule has 1 fully saturated rings. The normalized spacial score (nSPS) is 18.0. The number of hydrogen-bond acceptors (Lipinski definition) is 4. The number of aromatic nitrogens is 2. The Morgan fingerprint density at radius 3 is 3.00 bits per heavy atom. The minimum atomic E-state index is 0.263. The van der Waals surface area contributed by atoms with E-state index in [0.29, 0.717) is 5.56 Å². The predicted molar refractivity (Wildman–Crippen MR) is 99.0 cm³/mol. The molecule has 0 radical (unpaired) electrons. The molecule has 2 aromatic heterocycles. The number of benzene rings is 1. The Morgan fingerprint density at radius 1 is 1.36 bits per heavy atom. The molecular weight excluding hydrogens is 312 g/mol. The fourth-order valence-corrected chi connectivity index (χ4v) is 3.82. The Labute approximate surface area is 147 Å². The zero-order valence-electron chi connectivity index (χ0n) is 14.7. The van der Waals surface area contributed by atoms with Crippen LogP contribution in [0.2, 0.25) is 0 Å². The van der Waals surface area contributed by atoms with Crippen LogP contribution in [0, 0.1) is 18.3 Å². The van der Waals surface area contributed by atoms with E-state index in [0.717, 1.165) is 60.6 Å². The van der Waals surface area contributed by atoms with Crippen molar-refractivity contribution in [2.45, 2.75) is 32.8 Å². The van der Waals surface area contributed by atoms with E-state index in [2.05, 4.69) is 27.5 Å². The minimum Gasteiger partial charge on any atom is -0.377 e. The van der Waals surface area contributed by atoms with E-state index in [4.69, 9.17) is 9.72 Å². The Balaban J connectivity index is 1.93. The van der Waals surface area contributed by atoms with Crippen molar-refractivity contribution in [3.8, 4) is 6.07 Å². The van der Waals surface area contributed by atoms with E-state index < -0.39 is 0 Å². The van der Waals surface area contributed by atoms with E-state index in [-0.39, 0.29) is 6.10 Å². The summed E-state index contributed by atoms with van der Waals surface area (Å²) < 4.78 is 8.01. The molecule has 1 aliphatic rings. The van der Waals surface area contributed by atoms with Crippen LogP contribution in [0.1, 0.15) is 30.9 Å². The predicted octanol–water partition coefficient (Wildman–Crippen LogP) is 3.67. The number of anilines is 1. The molecular formula is C20H22N4O. The summed E-state index contributed by atoms with van der Waals surface area (Å²) in [5, 5.41) is 9.62. The molecule has 1 unspecified atom stereocenters. The number of nitrogens with zero attached hydrogens (tertiary/aromatic N) is 4. The summed E-state index contributed by atoms with van der Waals surface area (Å²) in [6.45, 7) is 6.66. The highest BCUT2D eigenvalue weighted by Gasteiger charge is 2.24. The van der Waals surface area contributed by atoms with Crippen molar-refractivity contribution < 1.29 is 4.74 Å². The Morgan fingerprint density at radius 2 is 2.20 bits per heavy atom. The second-order valence-electron chi connectivity index (χ2n) is 6.60. The molecule has 0 bridgehead atoms. The number of para-hydroxylation sites is 2. The molecule has 3 aromatic rings. The lowest BCUT2D eigenvalue weighted by atomic mass is 10.1. The van der Waals surface area contributed by atoms with Gasteiger partial charge in [0, 0.05) is 19.7 Å². The molecule has 0 spiro atoms. The molecule has 1 atom stereocenters. The third-order valence-electron chi connectivity index (χ3n) is 4.97. The van der Waals surface area contributed by atoms with Crippen LogP contribution in [0.3, 0.4) is 0 Å². The molecule has 0 saturated carbocycles. The summed E-state index contributed by atoms with van der Waals surface area (Å²) in [6, 6.07) is 12.5. The molecule has 1 aromatic carbocycles. The first-order chi connectivity index (χ1) is 12.2. The van der Waals surface area contributed by atoms with Gasteiger partial charge in [0.1, 0.15) is 11.9 Å². The minimum absolute atomic E-state index is 0.263.